The van der Waals surface area contributed by atoms with Gasteiger partial charge in [-0.25, -0.2) is 0 Å². The van der Waals surface area contributed by atoms with Crippen molar-refractivity contribution >= 4 is 28.5 Å². The van der Waals surface area contributed by atoms with Crippen molar-refractivity contribution in [1.82, 2.24) is 10.2 Å². The van der Waals surface area contributed by atoms with Crippen LogP contribution in [0.3, 0.4) is 0 Å². The average Bonchev–Trinajstić information content (AvgIpc) is 2.98. The zero-order valence-corrected chi connectivity index (χ0v) is 13.7. The molecule has 1 aromatic heterocycles. The fraction of sp³-hybridized carbons (Fsp3) is 0.267. The second-order valence-electron chi connectivity index (χ2n) is 4.44. The van der Waals surface area contributed by atoms with Gasteiger partial charge in [0.2, 0.25) is 5.13 Å². The molecule has 2 aromatic rings. The molecule has 0 saturated heterocycles. The normalized spacial score (nSPS) is 10.7. The lowest BCUT2D eigenvalue weighted by Crippen LogP contribution is -2.23. The van der Waals surface area contributed by atoms with Crippen molar-refractivity contribution in [3.05, 3.63) is 34.8 Å². The molecule has 0 atom stereocenters. The molecule has 22 heavy (non-hydrogen) atoms. The zero-order chi connectivity index (χ0) is 16.1. The van der Waals surface area contributed by atoms with Gasteiger partial charge < -0.3 is 9.47 Å². The van der Waals surface area contributed by atoms with Crippen molar-refractivity contribution in [3.8, 4) is 11.5 Å². The van der Waals surface area contributed by atoms with E-state index < -0.39 is 0 Å². The van der Waals surface area contributed by atoms with Gasteiger partial charge in [-0.3, -0.25) is 9.69 Å². The van der Waals surface area contributed by atoms with Crippen LogP contribution in [0, 0.1) is 6.92 Å². The maximum absolute atomic E-state index is 12.2. The lowest BCUT2D eigenvalue weighted by Gasteiger charge is -2.10. The number of methoxy groups -OCH3 is 2. The molecule has 6 nitrogen and oxygen atoms in total. The Bertz CT molecular complexity index is 697. The molecule has 1 amide bonds. The van der Waals surface area contributed by atoms with Gasteiger partial charge in [0.15, 0.2) is 0 Å². The Morgan fingerprint density at radius 3 is 2.64 bits per heavy atom. The van der Waals surface area contributed by atoms with Crippen LogP contribution in [0.5, 0.6) is 11.5 Å². The van der Waals surface area contributed by atoms with Crippen LogP contribution in [-0.2, 0) is 4.79 Å². The molecule has 0 fully saturated rings. The number of aromatic nitrogens is 2. The molecule has 0 N–H and O–H groups in total. The second-order valence-corrected chi connectivity index (χ2v) is 5.60. The van der Waals surface area contributed by atoms with Gasteiger partial charge in [-0.2, -0.15) is 0 Å². The molecule has 0 aliphatic rings. The third kappa shape index (κ3) is 3.62. The first-order valence-electron chi connectivity index (χ1n) is 6.53. The van der Waals surface area contributed by atoms with Crippen LogP contribution in [0.15, 0.2) is 24.3 Å². The largest absolute Gasteiger partial charge is 0.497 e. The molecule has 2 rings (SSSR count). The summed E-state index contributed by atoms with van der Waals surface area (Å²) in [7, 11) is 4.83. The molecule has 0 aliphatic carbocycles. The number of carbonyl (C=O) groups is 1. The van der Waals surface area contributed by atoms with Crippen LogP contribution >= 0.6 is 11.3 Å². The summed E-state index contributed by atoms with van der Waals surface area (Å²) in [5, 5.41) is 9.23. The van der Waals surface area contributed by atoms with E-state index in [-0.39, 0.29) is 5.91 Å². The molecule has 1 heterocycles. The first kappa shape index (κ1) is 16.0. The number of hydrogen-bond acceptors (Lipinski definition) is 6. The van der Waals surface area contributed by atoms with Crippen LogP contribution in [0.4, 0.5) is 5.13 Å². The maximum atomic E-state index is 12.2. The Kier molecular flexibility index (Phi) is 5.11. The number of likely N-dealkylation sites (N-methyl/N-ethyl adjacent to an activating group) is 1. The molecule has 0 spiro atoms. The van der Waals surface area contributed by atoms with Gasteiger partial charge in [-0.1, -0.05) is 11.3 Å². The number of nitrogens with zero attached hydrogens (tertiary/aromatic N) is 3. The van der Waals surface area contributed by atoms with E-state index in [2.05, 4.69) is 10.2 Å². The minimum atomic E-state index is -0.186. The number of benzene rings is 1. The topological polar surface area (TPSA) is 64.5 Å². The summed E-state index contributed by atoms with van der Waals surface area (Å²) in [6.07, 6.45) is 3.17. The summed E-state index contributed by atoms with van der Waals surface area (Å²) in [5.74, 6) is 1.15. The van der Waals surface area contributed by atoms with Gasteiger partial charge in [-0.15, -0.1) is 10.2 Å². The molecule has 0 aliphatic heterocycles. The van der Waals surface area contributed by atoms with Crippen molar-refractivity contribution < 1.29 is 14.3 Å². The average molecular weight is 319 g/mol. The summed E-state index contributed by atoms with van der Waals surface area (Å²) in [4.78, 5) is 13.6. The van der Waals surface area contributed by atoms with E-state index in [4.69, 9.17) is 9.47 Å². The van der Waals surface area contributed by atoms with Gasteiger partial charge in [-0.05, 0) is 25.1 Å². The van der Waals surface area contributed by atoms with Crippen LogP contribution in [0.25, 0.3) is 6.08 Å². The van der Waals surface area contributed by atoms with E-state index in [1.807, 2.05) is 19.1 Å². The fourth-order valence-corrected chi connectivity index (χ4v) is 2.40. The minimum absolute atomic E-state index is 0.186. The van der Waals surface area contributed by atoms with Crippen molar-refractivity contribution in [2.24, 2.45) is 0 Å². The van der Waals surface area contributed by atoms with E-state index in [0.717, 1.165) is 10.6 Å². The van der Waals surface area contributed by atoms with Gasteiger partial charge in [0.1, 0.15) is 16.5 Å². The molecule has 7 heteroatoms. The number of amides is 1. The van der Waals surface area contributed by atoms with E-state index >= 15 is 0 Å². The van der Waals surface area contributed by atoms with Crippen LogP contribution < -0.4 is 14.4 Å². The molecule has 0 unspecified atom stereocenters. The number of hydrogen-bond donors (Lipinski definition) is 0. The van der Waals surface area contributed by atoms with Crippen LogP contribution in [-0.4, -0.2) is 37.4 Å². The first-order valence-corrected chi connectivity index (χ1v) is 7.34. The third-order valence-electron chi connectivity index (χ3n) is 2.98. The third-order valence-corrected chi connectivity index (χ3v) is 3.89. The van der Waals surface area contributed by atoms with Gasteiger partial charge in [0.05, 0.1) is 14.2 Å². The summed E-state index contributed by atoms with van der Waals surface area (Å²) in [6.45, 7) is 1.84. The number of ether oxygens (including phenoxy) is 2. The van der Waals surface area contributed by atoms with Gasteiger partial charge in [0.25, 0.3) is 5.91 Å². The van der Waals surface area contributed by atoms with Crippen LogP contribution in [0.1, 0.15) is 10.6 Å². The standard InChI is InChI=1S/C15H17N3O3S/c1-10-16-17-15(22-10)18(2)14(19)8-6-11-5-7-12(20-3)9-13(11)21-4/h5-9H,1-4H3/b8-6+. The minimum Gasteiger partial charge on any atom is -0.497 e. The van der Waals surface area contributed by atoms with Crippen LogP contribution in [0.2, 0.25) is 0 Å². The maximum Gasteiger partial charge on any atom is 0.252 e. The monoisotopic (exact) mass is 319 g/mol. The Labute approximate surface area is 133 Å². The molecule has 0 saturated carbocycles. The fourth-order valence-electron chi connectivity index (χ4n) is 1.74. The molecule has 1 aromatic carbocycles. The Balaban J connectivity index is 2.15. The summed E-state index contributed by atoms with van der Waals surface area (Å²) in [5.41, 5.74) is 0.790. The molecule has 0 bridgehead atoms. The summed E-state index contributed by atoms with van der Waals surface area (Å²) < 4.78 is 10.4. The number of anilines is 1. The van der Waals surface area contributed by atoms with Crippen molar-refractivity contribution in [2.45, 2.75) is 6.92 Å². The Hall–Kier alpha value is -2.41. The quantitative estimate of drug-likeness (QED) is 0.792. The zero-order valence-electron chi connectivity index (χ0n) is 12.9. The highest BCUT2D eigenvalue weighted by atomic mass is 32.1. The highest BCUT2D eigenvalue weighted by Gasteiger charge is 2.12. The molecule has 0 radical (unpaired) electrons. The Morgan fingerprint density at radius 1 is 1.27 bits per heavy atom. The predicted molar refractivity (Wildman–Crippen MR) is 86.6 cm³/mol. The Morgan fingerprint density at radius 2 is 2.05 bits per heavy atom. The van der Waals surface area contributed by atoms with Gasteiger partial charge in [0, 0.05) is 24.8 Å². The summed E-state index contributed by atoms with van der Waals surface area (Å²) >= 11 is 1.37. The highest BCUT2D eigenvalue weighted by Crippen LogP contribution is 2.26. The van der Waals surface area contributed by atoms with E-state index in [1.54, 1.807) is 33.4 Å². The number of rotatable bonds is 5. The SMILES string of the molecule is COc1ccc(/C=C/C(=O)N(C)c2nnc(C)s2)c(OC)c1. The predicted octanol–water partition coefficient (Wildman–Crippen LogP) is 2.54. The molecular formula is C15H17N3O3S. The van der Waals surface area contributed by atoms with Crippen molar-refractivity contribution in [3.63, 3.8) is 0 Å². The van der Waals surface area contributed by atoms with E-state index in [9.17, 15) is 4.79 Å². The van der Waals surface area contributed by atoms with Crippen molar-refractivity contribution in [2.75, 3.05) is 26.2 Å². The molecule has 116 valence electrons. The lowest BCUT2D eigenvalue weighted by molar-refractivity contribution is -0.113. The number of aryl methyl sites for hydroxylation is 1. The smallest absolute Gasteiger partial charge is 0.252 e. The lowest BCUT2D eigenvalue weighted by atomic mass is 10.1. The highest BCUT2D eigenvalue weighted by molar-refractivity contribution is 7.15. The second kappa shape index (κ2) is 7.04. The first-order chi connectivity index (χ1) is 10.5. The number of carbonyl (C=O) groups excluding carboxylic acids is 1. The van der Waals surface area contributed by atoms with Gasteiger partial charge >= 0.3 is 0 Å². The molecular weight excluding hydrogens is 302 g/mol. The summed E-state index contributed by atoms with van der Waals surface area (Å²) in [6, 6.07) is 5.41. The van der Waals surface area contributed by atoms with E-state index in [1.165, 1.54) is 22.3 Å². The van der Waals surface area contributed by atoms with E-state index in [0.29, 0.717) is 16.6 Å². The van der Waals surface area contributed by atoms with Crippen molar-refractivity contribution in [1.29, 1.82) is 0 Å².